The van der Waals surface area contributed by atoms with Crippen molar-refractivity contribution in [3.05, 3.63) is 0 Å². The Labute approximate surface area is 98.6 Å². The van der Waals surface area contributed by atoms with E-state index in [1.807, 2.05) is 0 Å². The van der Waals surface area contributed by atoms with Crippen LogP contribution in [0, 0.1) is 11.8 Å². The van der Waals surface area contributed by atoms with Crippen LogP contribution in [0.3, 0.4) is 0 Å². The van der Waals surface area contributed by atoms with E-state index in [9.17, 15) is 4.79 Å². The van der Waals surface area contributed by atoms with Gasteiger partial charge in [0.15, 0.2) is 0 Å². The van der Waals surface area contributed by atoms with Crippen molar-refractivity contribution >= 4 is 5.91 Å². The molecule has 3 nitrogen and oxygen atoms in total. The number of nitrogens with zero attached hydrogens (tertiary/aromatic N) is 1. The van der Waals surface area contributed by atoms with E-state index in [4.69, 9.17) is 0 Å². The number of hydrogen-bond donors (Lipinski definition) is 1. The van der Waals surface area contributed by atoms with E-state index in [0.29, 0.717) is 17.7 Å². The molecule has 0 bridgehead atoms. The van der Waals surface area contributed by atoms with Gasteiger partial charge >= 0.3 is 0 Å². The highest BCUT2D eigenvalue weighted by molar-refractivity contribution is 5.91. The van der Waals surface area contributed by atoms with Gasteiger partial charge < -0.3 is 4.90 Å². The molecule has 1 N–H and O–H groups in total. The molecule has 2 fully saturated rings. The van der Waals surface area contributed by atoms with Crippen LogP contribution in [-0.2, 0) is 4.79 Å². The van der Waals surface area contributed by atoms with Crippen LogP contribution in [0.25, 0.3) is 0 Å². The molecule has 1 saturated heterocycles. The van der Waals surface area contributed by atoms with Gasteiger partial charge in [-0.1, -0.05) is 34.1 Å². The topological polar surface area (TPSA) is 32.3 Å². The van der Waals surface area contributed by atoms with Gasteiger partial charge in [0, 0.05) is 6.54 Å². The number of carbonyl (C=O) groups is 1. The van der Waals surface area contributed by atoms with Gasteiger partial charge in [-0.05, 0) is 24.7 Å². The van der Waals surface area contributed by atoms with Gasteiger partial charge in [0.2, 0.25) is 5.91 Å². The number of amides is 1. The highest BCUT2D eigenvalue weighted by Gasteiger charge is 2.59. The number of nitrogens with one attached hydrogen (secondary N) is 1. The number of rotatable bonds is 4. The maximum Gasteiger partial charge on any atom is 0.244 e. The molecule has 2 rings (SSSR count). The molecule has 1 heterocycles. The molecule has 1 amide bonds. The molecule has 16 heavy (non-hydrogen) atoms. The van der Waals surface area contributed by atoms with E-state index < -0.39 is 0 Å². The van der Waals surface area contributed by atoms with Crippen LogP contribution in [0.2, 0.25) is 0 Å². The molecule has 1 aliphatic heterocycles. The van der Waals surface area contributed by atoms with Crippen molar-refractivity contribution in [2.75, 3.05) is 6.54 Å². The first-order chi connectivity index (χ1) is 7.50. The second-order valence-corrected chi connectivity index (χ2v) is 5.89. The summed E-state index contributed by atoms with van der Waals surface area (Å²) >= 11 is 0. The molecule has 3 heteroatoms. The van der Waals surface area contributed by atoms with Crippen LogP contribution in [0.15, 0.2) is 0 Å². The second-order valence-electron chi connectivity index (χ2n) is 5.89. The summed E-state index contributed by atoms with van der Waals surface area (Å²) in [6.45, 7) is 9.71. The zero-order valence-electron chi connectivity index (χ0n) is 10.9. The maximum atomic E-state index is 12.3. The van der Waals surface area contributed by atoms with Crippen molar-refractivity contribution in [2.45, 2.75) is 58.7 Å². The Morgan fingerprint density at radius 1 is 1.44 bits per heavy atom. The highest BCUT2D eigenvalue weighted by Crippen LogP contribution is 2.43. The van der Waals surface area contributed by atoms with Crippen molar-refractivity contribution < 1.29 is 4.79 Å². The fourth-order valence-electron chi connectivity index (χ4n) is 2.50. The molecular weight excluding hydrogens is 200 g/mol. The van der Waals surface area contributed by atoms with Crippen molar-refractivity contribution in [1.29, 1.82) is 0 Å². The normalized spacial score (nSPS) is 29.2. The molecular formula is C13H24N2O. The van der Waals surface area contributed by atoms with E-state index >= 15 is 0 Å². The summed E-state index contributed by atoms with van der Waals surface area (Å²) in [4.78, 5) is 14.4. The Hall–Kier alpha value is -0.570. The first-order valence-corrected chi connectivity index (χ1v) is 6.59. The Morgan fingerprint density at radius 3 is 2.50 bits per heavy atom. The lowest BCUT2D eigenvalue weighted by molar-refractivity contribution is -0.131. The van der Waals surface area contributed by atoms with E-state index in [1.54, 1.807) is 0 Å². The van der Waals surface area contributed by atoms with Crippen molar-refractivity contribution in [3.8, 4) is 0 Å². The van der Waals surface area contributed by atoms with Crippen molar-refractivity contribution in [3.63, 3.8) is 0 Å². The Morgan fingerprint density at radius 2 is 2.06 bits per heavy atom. The van der Waals surface area contributed by atoms with E-state index in [1.165, 1.54) is 0 Å². The predicted molar refractivity (Wildman–Crippen MR) is 64.9 cm³/mol. The third kappa shape index (κ3) is 1.86. The molecule has 0 radical (unpaired) electrons. The zero-order valence-corrected chi connectivity index (χ0v) is 10.9. The third-order valence-electron chi connectivity index (χ3n) is 4.02. The van der Waals surface area contributed by atoms with Crippen molar-refractivity contribution in [2.24, 2.45) is 11.8 Å². The molecule has 0 aromatic heterocycles. The van der Waals surface area contributed by atoms with Crippen LogP contribution < -0.4 is 5.32 Å². The highest BCUT2D eigenvalue weighted by atomic mass is 16.2. The molecule has 0 aromatic rings. The van der Waals surface area contributed by atoms with Crippen LogP contribution in [-0.4, -0.2) is 29.1 Å². The minimum atomic E-state index is -0.150. The molecule has 1 saturated carbocycles. The van der Waals surface area contributed by atoms with E-state index in [-0.39, 0.29) is 11.7 Å². The van der Waals surface area contributed by atoms with Gasteiger partial charge in [0.25, 0.3) is 0 Å². The van der Waals surface area contributed by atoms with Crippen LogP contribution in [0.1, 0.15) is 47.0 Å². The summed E-state index contributed by atoms with van der Waals surface area (Å²) < 4.78 is 0. The minimum absolute atomic E-state index is 0.150. The fourth-order valence-corrected chi connectivity index (χ4v) is 2.50. The molecule has 0 aromatic carbocycles. The SMILES string of the molecule is CCC(C)CN1C(=O)C2(CC2)NC1C(C)C. The average Bonchev–Trinajstić information content (AvgIpc) is 2.97. The van der Waals surface area contributed by atoms with Gasteiger partial charge in [-0.2, -0.15) is 0 Å². The maximum absolute atomic E-state index is 12.3. The van der Waals surface area contributed by atoms with Crippen molar-refractivity contribution in [1.82, 2.24) is 10.2 Å². The number of hydrogen-bond acceptors (Lipinski definition) is 2. The van der Waals surface area contributed by atoms with Gasteiger partial charge in [-0.3, -0.25) is 10.1 Å². The van der Waals surface area contributed by atoms with Gasteiger partial charge in [-0.25, -0.2) is 0 Å². The van der Waals surface area contributed by atoms with E-state index in [2.05, 4.69) is 37.9 Å². The van der Waals surface area contributed by atoms with Gasteiger partial charge in [0.1, 0.15) is 0 Å². The molecule has 1 spiro atoms. The molecule has 2 aliphatic rings. The lowest BCUT2D eigenvalue weighted by Crippen LogP contribution is -2.43. The summed E-state index contributed by atoms with van der Waals surface area (Å²) in [6, 6.07) is 0. The predicted octanol–water partition coefficient (Wildman–Crippen LogP) is 1.98. The average molecular weight is 224 g/mol. The summed E-state index contributed by atoms with van der Waals surface area (Å²) in [5, 5.41) is 3.55. The van der Waals surface area contributed by atoms with Gasteiger partial charge in [-0.15, -0.1) is 0 Å². The monoisotopic (exact) mass is 224 g/mol. The Balaban J connectivity index is 2.09. The molecule has 92 valence electrons. The summed E-state index contributed by atoms with van der Waals surface area (Å²) in [6.07, 6.45) is 3.46. The third-order valence-corrected chi connectivity index (χ3v) is 4.02. The quantitative estimate of drug-likeness (QED) is 0.792. The Kier molecular flexibility index (Phi) is 2.99. The number of carbonyl (C=O) groups excluding carboxylic acids is 1. The Bertz CT molecular complexity index is 284. The summed E-state index contributed by atoms with van der Waals surface area (Å²) in [5.74, 6) is 1.44. The standard InChI is InChI=1S/C13H24N2O/c1-5-10(4)8-15-11(9(2)3)14-13(6-7-13)12(15)16/h9-11,14H,5-8H2,1-4H3. The van der Waals surface area contributed by atoms with E-state index in [0.717, 1.165) is 25.8 Å². The van der Waals surface area contributed by atoms with Crippen LogP contribution >= 0.6 is 0 Å². The smallest absolute Gasteiger partial charge is 0.244 e. The summed E-state index contributed by atoms with van der Waals surface area (Å²) in [7, 11) is 0. The largest absolute Gasteiger partial charge is 0.325 e. The van der Waals surface area contributed by atoms with Crippen LogP contribution in [0.4, 0.5) is 0 Å². The summed E-state index contributed by atoms with van der Waals surface area (Å²) in [5.41, 5.74) is -0.150. The fraction of sp³-hybridized carbons (Fsp3) is 0.923. The lowest BCUT2D eigenvalue weighted by atomic mass is 10.1. The molecule has 2 unspecified atom stereocenters. The first-order valence-electron chi connectivity index (χ1n) is 6.59. The minimum Gasteiger partial charge on any atom is -0.325 e. The lowest BCUT2D eigenvalue weighted by Gasteiger charge is -2.29. The molecule has 2 atom stereocenters. The second kappa shape index (κ2) is 4.02. The zero-order chi connectivity index (χ0) is 11.9. The molecule has 1 aliphatic carbocycles. The van der Waals surface area contributed by atoms with Gasteiger partial charge in [0.05, 0.1) is 11.7 Å². The van der Waals surface area contributed by atoms with Crippen LogP contribution in [0.5, 0.6) is 0 Å². The first kappa shape index (κ1) is 11.9.